The minimum Gasteiger partial charge on any atom is -0.329 e. The summed E-state index contributed by atoms with van der Waals surface area (Å²) in [6.45, 7) is 9.50. The molecule has 2 unspecified atom stereocenters. The number of nitrogens with zero attached hydrogens (tertiary/aromatic N) is 2. The van der Waals surface area contributed by atoms with E-state index >= 15 is 0 Å². The molecule has 1 heterocycles. The number of nitrogens with two attached hydrogens (primary N) is 1. The van der Waals surface area contributed by atoms with Crippen molar-refractivity contribution in [2.75, 3.05) is 19.6 Å². The van der Waals surface area contributed by atoms with E-state index in [2.05, 4.69) is 36.7 Å². The lowest BCUT2D eigenvalue weighted by molar-refractivity contribution is 0.182. The zero-order valence-corrected chi connectivity index (χ0v) is 11.3. The Labute approximate surface area is 105 Å². The molecule has 1 aromatic rings. The lowest BCUT2D eigenvalue weighted by Crippen LogP contribution is -2.36. The third-order valence-corrected chi connectivity index (χ3v) is 3.38. The van der Waals surface area contributed by atoms with Gasteiger partial charge in [0, 0.05) is 31.5 Å². The summed E-state index contributed by atoms with van der Waals surface area (Å²) in [5, 5.41) is 0. The minimum absolute atomic E-state index is 0.294. The Hall–Kier alpha value is -0.930. The van der Waals surface area contributed by atoms with Gasteiger partial charge in [0.05, 0.1) is 0 Å². The Morgan fingerprint density at radius 1 is 1.41 bits per heavy atom. The Morgan fingerprint density at radius 2 is 2.18 bits per heavy atom. The zero-order chi connectivity index (χ0) is 12.7. The molecule has 0 saturated heterocycles. The Morgan fingerprint density at radius 3 is 2.65 bits per heavy atom. The number of aromatic nitrogens is 1. The Balaban J connectivity index is 2.76. The predicted molar refractivity (Wildman–Crippen MR) is 72.7 cm³/mol. The Kier molecular flexibility index (Phi) is 6.16. The van der Waals surface area contributed by atoms with Gasteiger partial charge < -0.3 is 5.73 Å². The smallest absolute Gasteiger partial charge is 0.0485 e. The Bertz CT molecular complexity index is 300. The first-order valence-electron chi connectivity index (χ1n) is 6.56. The van der Waals surface area contributed by atoms with Gasteiger partial charge in [-0.05, 0) is 24.1 Å². The second-order valence-electron chi connectivity index (χ2n) is 4.64. The van der Waals surface area contributed by atoms with Crippen LogP contribution in [0.3, 0.4) is 0 Å². The minimum atomic E-state index is 0.294. The van der Waals surface area contributed by atoms with E-state index in [9.17, 15) is 0 Å². The highest BCUT2D eigenvalue weighted by molar-refractivity contribution is 5.14. The first-order valence-corrected chi connectivity index (χ1v) is 6.56. The molecule has 0 aliphatic rings. The second-order valence-corrected chi connectivity index (χ2v) is 4.64. The molecule has 3 nitrogen and oxygen atoms in total. The van der Waals surface area contributed by atoms with Gasteiger partial charge in [0.25, 0.3) is 0 Å². The van der Waals surface area contributed by atoms with Crippen molar-refractivity contribution in [3.63, 3.8) is 0 Å². The van der Waals surface area contributed by atoms with Crippen LogP contribution in [0.15, 0.2) is 24.5 Å². The predicted octanol–water partition coefficient (Wildman–Crippen LogP) is 2.45. The van der Waals surface area contributed by atoms with Crippen LogP contribution >= 0.6 is 0 Å². The van der Waals surface area contributed by atoms with Crippen LogP contribution in [0, 0.1) is 5.92 Å². The summed E-state index contributed by atoms with van der Waals surface area (Å²) in [5.74, 6) is 0.709. The molecule has 0 amide bonds. The molecule has 0 fully saturated rings. The van der Waals surface area contributed by atoms with Crippen molar-refractivity contribution in [2.45, 2.75) is 33.2 Å². The topological polar surface area (TPSA) is 42.1 Å². The third-order valence-electron chi connectivity index (χ3n) is 3.38. The van der Waals surface area contributed by atoms with E-state index in [4.69, 9.17) is 5.73 Å². The van der Waals surface area contributed by atoms with E-state index in [1.165, 1.54) is 12.0 Å². The summed E-state index contributed by atoms with van der Waals surface area (Å²) >= 11 is 0. The maximum atomic E-state index is 5.93. The highest BCUT2D eigenvalue weighted by atomic mass is 15.2. The van der Waals surface area contributed by atoms with Gasteiger partial charge >= 0.3 is 0 Å². The lowest BCUT2D eigenvalue weighted by Gasteiger charge is -2.32. The van der Waals surface area contributed by atoms with Gasteiger partial charge in [-0.25, -0.2) is 0 Å². The van der Waals surface area contributed by atoms with Gasteiger partial charge in [0.15, 0.2) is 0 Å². The van der Waals surface area contributed by atoms with Gasteiger partial charge in [-0.1, -0.05) is 33.3 Å². The molecule has 1 rings (SSSR count). The fourth-order valence-corrected chi connectivity index (χ4v) is 2.08. The van der Waals surface area contributed by atoms with Crippen molar-refractivity contribution >= 4 is 0 Å². The molecule has 2 atom stereocenters. The number of hydrogen-bond donors (Lipinski definition) is 1. The van der Waals surface area contributed by atoms with Crippen LogP contribution in [-0.4, -0.2) is 29.5 Å². The van der Waals surface area contributed by atoms with Crippen molar-refractivity contribution in [2.24, 2.45) is 11.7 Å². The molecule has 0 spiro atoms. The molecule has 1 aromatic heterocycles. The van der Waals surface area contributed by atoms with Gasteiger partial charge in [0.1, 0.15) is 0 Å². The number of likely N-dealkylation sites (N-methyl/N-ethyl adjacent to an activating group) is 1. The first kappa shape index (κ1) is 14.1. The van der Waals surface area contributed by atoms with E-state index in [1.54, 1.807) is 0 Å². The summed E-state index contributed by atoms with van der Waals surface area (Å²) in [4.78, 5) is 6.64. The molecule has 0 aromatic carbocycles. The van der Waals surface area contributed by atoms with Crippen LogP contribution in [-0.2, 0) is 0 Å². The van der Waals surface area contributed by atoms with Gasteiger partial charge in [-0.2, -0.15) is 0 Å². The number of hydrogen-bond acceptors (Lipinski definition) is 3. The van der Waals surface area contributed by atoms with Crippen LogP contribution in [0.25, 0.3) is 0 Å². The fourth-order valence-electron chi connectivity index (χ4n) is 2.08. The van der Waals surface area contributed by atoms with E-state index in [-0.39, 0.29) is 0 Å². The summed E-state index contributed by atoms with van der Waals surface area (Å²) in [6.07, 6.45) is 4.94. The molecular formula is C14H25N3. The average molecular weight is 235 g/mol. The molecule has 3 heteroatoms. The van der Waals surface area contributed by atoms with Crippen LogP contribution < -0.4 is 5.73 Å². The molecule has 0 radical (unpaired) electrons. The molecule has 0 aliphatic carbocycles. The van der Waals surface area contributed by atoms with Crippen molar-refractivity contribution < 1.29 is 0 Å². The maximum absolute atomic E-state index is 5.93. The number of rotatable bonds is 7. The molecular weight excluding hydrogens is 210 g/mol. The van der Waals surface area contributed by atoms with Gasteiger partial charge in [-0.3, -0.25) is 9.88 Å². The average Bonchev–Trinajstić information content (AvgIpc) is 2.39. The van der Waals surface area contributed by atoms with Crippen molar-refractivity contribution in [3.05, 3.63) is 30.1 Å². The standard InChI is InChI=1S/C14H25N3/c1-4-12(3)11-17(5-2)14(9-15)13-7-6-8-16-10-13/h6-8,10,12,14H,4-5,9,11,15H2,1-3H3. The monoisotopic (exact) mass is 235 g/mol. The van der Waals surface area contributed by atoms with Crippen LogP contribution in [0.1, 0.15) is 38.8 Å². The normalized spacial score (nSPS) is 14.9. The molecule has 0 saturated carbocycles. The van der Waals surface area contributed by atoms with Crippen molar-refractivity contribution in [1.82, 2.24) is 9.88 Å². The van der Waals surface area contributed by atoms with Crippen LogP contribution in [0.5, 0.6) is 0 Å². The zero-order valence-electron chi connectivity index (χ0n) is 11.3. The molecule has 17 heavy (non-hydrogen) atoms. The van der Waals surface area contributed by atoms with E-state index < -0.39 is 0 Å². The van der Waals surface area contributed by atoms with E-state index in [0.29, 0.717) is 18.5 Å². The second kappa shape index (κ2) is 7.41. The van der Waals surface area contributed by atoms with Gasteiger partial charge in [0.2, 0.25) is 0 Å². The summed E-state index contributed by atoms with van der Waals surface area (Å²) in [5.41, 5.74) is 7.15. The highest BCUT2D eigenvalue weighted by Gasteiger charge is 2.19. The van der Waals surface area contributed by atoms with Crippen molar-refractivity contribution in [1.29, 1.82) is 0 Å². The third kappa shape index (κ3) is 4.10. The quantitative estimate of drug-likeness (QED) is 0.789. The van der Waals surface area contributed by atoms with E-state index in [0.717, 1.165) is 13.1 Å². The van der Waals surface area contributed by atoms with E-state index in [1.807, 2.05) is 18.5 Å². The number of pyridine rings is 1. The van der Waals surface area contributed by atoms with Crippen LogP contribution in [0.2, 0.25) is 0 Å². The molecule has 96 valence electrons. The fraction of sp³-hybridized carbons (Fsp3) is 0.643. The molecule has 0 bridgehead atoms. The van der Waals surface area contributed by atoms with Gasteiger partial charge in [-0.15, -0.1) is 0 Å². The maximum Gasteiger partial charge on any atom is 0.0485 e. The summed E-state index contributed by atoms with van der Waals surface area (Å²) < 4.78 is 0. The van der Waals surface area contributed by atoms with Crippen LogP contribution in [0.4, 0.5) is 0 Å². The summed E-state index contributed by atoms with van der Waals surface area (Å²) in [7, 11) is 0. The largest absolute Gasteiger partial charge is 0.329 e. The first-order chi connectivity index (χ1) is 8.22. The molecule has 0 aliphatic heterocycles. The SMILES string of the molecule is CCC(C)CN(CC)C(CN)c1cccnc1. The highest BCUT2D eigenvalue weighted by Crippen LogP contribution is 2.20. The molecule has 2 N–H and O–H groups in total. The lowest BCUT2D eigenvalue weighted by atomic mass is 10.0. The summed E-state index contributed by atoms with van der Waals surface area (Å²) in [6, 6.07) is 4.39. The van der Waals surface area contributed by atoms with Crippen molar-refractivity contribution in [3.8, 4) is 0 Å².